The molecule has 1 heterocycles. The van der Waals surface area contributed by atoms with Gasteiger partial charge in [0.25, 0.3) is 0 Å². The molecule has 1 saturated heterocycles. The summed E-state index contributed by atoms with van der Waals surface area (Å²) in [6, 6.07) is 10.5. The Labute approximate surface area is 191 Å². The largest absolute Gasteiger partial charge is 0.350 e. The molecular weight excluding hydrogens is 386 g/mol. The Hall–Kier alpha value is -0.940. The Kier molecular flexibility index (Phi) is 10.0. The molecule has 0 N–H and O–H groups in total. The second-order valence-corrected chi connectivity index (χ2v) is 9.86. The van der Waals surface area contributed by atoms with E-state index >= 15 is 0 Å². The van der Waals surface area contributed by atoms with Crippen LogP contribution in [-0.2, 0) is 14.3 Å². The zero-order valence-corrected chi connectivity index (χ0v) is 21.2. The molecule has 1 fully saturated rings. The maximum absolute atomic E-state index is 6.76. The first-order valence-electron chi connectivity index (χ1n) is 12.6. The van der Waals surface area contributed by atoms with Gasteiger partial charge in [0.15, 0.2) is 5.79 Å². The van der Waals surface area contributed by atoms with Crippen LogP contribution in [0, 0.1) is 0 Å². The van der Waals surface area contributed by atoms with Gasteiger partial charge in [-0.3, -0.25) is 4.84 Å². The normalized spacial score (nSPS) is 21.1. The summed E-state index contributed by atoms with van der Waals surface area (Å²) in [5, 5.41) is 2.31. The molecule has 4 heteroatoms. The van der Waals surface area contributed by atoms with Gasteiger partial charge in [-0.05, 0) is 52.0 Å². The fraction of sp³-hybridized carbons (Fsp3) is 0.778. The van der Waals surface area contributed by atoms with Gasteiger partial charge in [0.05, 0.1) is 18.8 Å². The smallest absolute Gasteiger partial charge is 0.171 e. The molecule has 1 aromatic carbocycles. The van der Waals surface area contributed by atoms with E-state index in [1.165, 1.54) is 5.56 Å². The van der Waals surface area contributed by atoms with Crippen LogP contribution in [0.15, 0.2) is 30.3 Å². The Bertz CT molecular complexity index is 617. The Morgan fingerprint density at radius 1 is 0.871 bits per heavy atom. The first-order valence-corrected chi connectivity index (χ1v) is 12.6. The van der Waals surface area contributed by atoms with Crippen molar-refractivity contribution in [3.8, 4) is 0 Å². The van der Waals surface area contributed by atoms with E-state index in [-0.39, 0.29) is 17.2 Å². The quantitative estimate of drug-likeness (QED) is 0.239. The average molecular weight is 434 g/mol. The highest BCUT2D eigenvalue weighted by Crippen LogP contribution is 2.50. The molecule has 0 radical (unpaired) electrons. The highest BCUT2D eigenvalue weighted by atomic mass is 16.7. The van der Waals surface area contributed by atoms with Gasteiger partial charge in [0.2, 0.25) is 0 Å². The van der Waals surface area contributed by atoms with E-state index in [2.05, 4.69) is 83.9 Å². The van der Waals surface area contributed by atoms with E-state index < -0.39 is 5.79 Å². The van der Waals surface area contributed by atoms with Gasteiger partial charge in [-0.1, -0.05) is 70.9 Å². The first kappa shape index (κ1) is 26.3. The minimum Gasteiger partial charge on any atom is -0.350 e. The third-order valence-corrected chi connectivity index (χ3v) is 6.86. The van der Waals surface area contributed by atoms with Crippen molar-refractivity contribution in [1.29, 1.82) is 0 Å². The number of hydrogen-bond acceptors (Lipinski definition) is 4. The van der Waals surface area contributed by atoms with Crippen molar-refractivity contribution in [2.45, 2.75) is 123 Å². The molecule has 1 aliphatic rings. The first-order chi connectivity index (χ1) is 14.8. The van der Waals surface area contributed by atoms with Crippen LogP contribution in [-0.4, -0.2) is 35.1 Å². The molecule has 2 rings (SSSR count). The standard InChI is InChI=1S/C27H47NO3/c1-8-12-19-29-27(30-20-13-9-2)21-25(6,7)28(26(10-3,11-4)22-27)31-23(5)24-17-15-14-16-18-24/h14-18,23H,8-13,19-22H2,1-7H3. The molecule has 0 amide bonds. The predicted octanol–water partition coefficient (Wildman–Crippen LogP) is 7.44. The summed E-state index contributed by atoms with van der Waals surface area (Å²) in [5.74, 6) is -0.546. The number of ether oxygens (including phenoxy) is 2. The van der Waals surface area contributed by atoms with Gasteiger partial charge in [0, 0.05) is 18.4 Å². The number of rotatable bonds is 13. The van der Waals surface area contributed by atoms with Gasteiger partial charge in [-0.25, -0.2) is 0 Å². The van der Waals surface area contributed by atoms with Crippen LogP contribution in [0.3, 0.4) is 0 Å². The van der Waals surface area contributed by atoms with Gasteiger partial charge in [0.1, 0.15) is 6.10 Å². The second kappa shape index (κ2) is 11.8. The number of benzene rings is 1. The monoisotopic (exact) mass is 433 g/mol. The summed E-state index contributed by atoms with van der Waals surface area (Å²) < 4.78 is 13.2. The third-order valence-electron chi connectivity index (χ3n) is 6.86. The summed E-state index contributed by atoms with van der Waals surface area (Å²) in [6.07, 6.45) is 8.01. The maximum atomic E-state index is 6.76. The van der Waals surface area contributed by atoms with E-state index in [1.807, 2.05) is 0 Å². The molecule has 1 aliphatic heterocycles. The van der Waals surface area contributed by atoms with E-state index in [0.717, 1.165) is 64.6 Å². The zero-order valence-electron chi connectivity index (χ0n) is 21.2. The van der Waals surface area contributed by atoms with Gasteiger partial charge >= 0.3 is 0 Å². The molecule has 1 unspecified atom stereocenters. The molecule has 31 heavy (non-hydrogen) atoms. The lowest BCUT2D eigenvalue weighted by atomic mass is 9.73. The fourth-order valence-electron chi connectivity index (χ4n) is 5.04. The molecule has 1 atom stereocenters. The van der Waals surface area contributed by atoms with Crippen molar-refractivity contribution in [2.75, 3.05) is 13.2 Å². The van der Waals surface area contributed by atoms with Crippen LogP contribution < -0.4 is 0 Å². The summed E-state index contributed by atoms with van der Waals surface area (Å²) in [7, 11) is 0. The minimum atomic E-state index is -0.546. The van der Waals surface area contributed by atoms with E-state index in [9.17, 15) is 0 Å². The third kappa shape index (κ3) is 6.54. The Morgan fingerprint density at radius 2 is 1.42 bits per heavy atom. The van der Waals surface area contributed by atoms with Crippen LogP contribution in [0.4, 0.5) is 0 Å². The lowest BCUT2D eigenvalue weighted by Gasteiger charge is -2.60. The summed E-state index contributed by atoms with van der Waals surface area (Å²) in [4.78, 5) is 6.76. The molecule has 0 aliphatic carbocycles. The van der Waals surface area contributed by atoms with Crippen LogP contribution in [0.5, 0.6) is 0 Å². The zero-order chi connectivity index (χ0) is 23.0. The summed E-state index contributed by atoms with van der Waals surface area (Å²) in [6.45, 7) is 17.2. The topological polar surface area (TPSA) is 30.9 Å². The van der Waals surface area contributed by atoms with E-state index in [1.54, 1.807) is 0 Å². The van der Waals surface area contributed by atoms with Crippen LogP contribution in [0.1, 0.15) is 112 Å². The second-order valence-electron chi connectivity index (χ2n) is 9.86. The van der Waals surface area contributed by atoms with Crippen LogP contribution >= 0.6 is 0 Å². The molecule has 178 valence electrons. The van der Waals surface area contributed by atoms with Crippen molar-refractivity contribution >= 4 is 0 Å². The van der Waals surface area contributed by atoms with E-state index in [0.29, 0.717) is 0 Å². The molecule has 4 nitrogen and oxygen atoms in total. The highest BCUT2D eigenvalue weighted by Gasteiger charge is 2.57. The highest BCUT2D eigenvalue weighted by molar-refractivity contribution is 5.17. The van der Waals surface area contributed by atoms with Gasteiger partial charge < -0.3 is 9.47 Å². The van der Waals surface area contributed by atoms with E-state index in [4.69, 9.17) is 14.3 Å². The van der Waals surface area contributed by atoms with Gasteiger partial charge in [-0.15, -0.1) is 0 Å². The number of hydroxylamine groups is 2. The Morgan fingerprint density at radius 3 is 1.90 bits per heavy atom. The average Bonchev–Trinajstić information content (AvgIpc) is 2.76. The van der Waals surface area contributed by atoms with Crippen molar-refractivity contribution < 1.29 is 14.3 Å². The van der Waals surface area contributed by atoms with Crippen molar-refractivity contribution in [2.24, 2.45) is 0 Å². The molecule has 0 aromatic heterocycles. The van der Waals surface area contributed by atoms with Crippen LogP contribution in [0.25, 0.3) is 0 Å². The molecule has 0 saturated carbocycles. The SMILES string of the molecule is CCCCOC1(OCCCC)CC(C)(C)N(OC(C)c2ccccc2)C(CC)(CC)C1. The lowest BCUT2D eigenvalue weighted by Crippen LogP contribution is -2.68. The fourth-order valence-corrected chi connectivity index (χ4v) is 5.04. The number of nitrogens with zero attached hydrogens (tertiary/aromatic N) is 1. The van der Waals surface area contributed by atoms with Crippen molar-refractivity contribution in [3.63, 3.8) is 0 Å². The number of hydrogen-bond donors (Lipinski definition) is 0. The Balaban J connectivity index is 2.34. The summed E-state index contributed by atoms with van der Waals surface area (Å²) >= 11 is 0. The molecule has 1 aromatic rings. The molecule has 0 bridgehead atoms. The predicted molar refractivity (Wildman–Crippen MR) is 129 cm³/mol. The number of piperidine rings is 1. The van der Waals surface area contributed by atoms with Crippen molar-refractivity contribution in [1.82, 2.24) is 5.06 Å². The number of unbranched alkanes of at least 4 members (excludes halogenated alkanes) is 2. The maximum Gasteiger partial charge on any atom is 0.171 e. The lowest BCUT2D eigenvalue weighted by molar-refractivity contribution is -0.375. The van der Waals surface area contributed by atoms with Crippen LogP contribution in [0.2, 0.25) is 0 Å². The van der Waals surface area contributed by atoms with Crippen molar-refractivity contribution in [3.05, 3.63) is 35.9 Å². The minimum absolute atomic E-state index is 0.00697. The molecular formula is C27H47NO3. The summed E-state index contributed by atoms with van der Waals surface area (Å²) in [5.41, 5.74) is 0.851. The molecule has 0 spiro atoms. The van der Waals surface area contributed by atoms with Gasteiger partial charge in [-0.2, -0.15) is 5.06 Å².